The fraction of sp³-hybridized carbons (Fsp3) is 0.323. The van der Waals surface area contributed by atoms with E-state index >= 15 is 0 Å². The second-order valence-electron chi connectivity index (χ2n) is 11.1. The first kappa shape index (κ1) is 29.6. The zero-order valence-corrected chi connectivity index (χ0v) is 24.4. The number of hydrogen-bond donors (Lipinski definition) is 1. The van der Waals surface area contributed by atoms with Crippen molar-refractivity contribution >= 4 is 40.8 Å². The molecular formula is C31H25ClF3N3O6. The van der Waals surface area contributed by atoms with E-state index in [2.05, 4.69) is 4.98 Å². The summed E-state index contributed by atoms with van der Waals surface area (Å²) in [6.07, 6.45) is -1.74. The lowest BCUT2D eigenvalue weighted by Gasteiger charge is -2.42. The van der Waals surface area contributed by atoms with E-state index in [1.54, 1.807) is 24.3 Å². The summed E-state index contributed by atoms with van der Waals surface area (Å²) in [6.45, 7) is 1.53. The van der Waals surface area contributed by atoms with Gasteiger partial charge in [0.25, 0.3) is 11.8 Å². The van der Waals surface area contributed by atoms with Gasteiger partial charge in [-0.15, -0.1) is 0 Å². The van der Waals surface area contributed by atoms with Gasteiger partial charge in [0.15, 0.2) is 28.9 Å². The van der Waals surface area contributed by atoms with Crippen LogP contribution in [0.25, 0.3) is 0 Å². The lowest BCUT2D eigenvalue weighted by molar-refractivity contribution is -0.141. The number of methoxy groups -OCH3 is 1. The lowest BCUT2D eigenvalue weighted by Crippen LogP contribution is -2.46. The van der Waals surface area contributed by atoms with Gasteiger partial charge in [0.2, 0.25) is 0 Å². The molecule has 1 aromatic carbocycles. The summed E-state index contributed by atoms with van der Waals surface area (Å²) in [7, 11) is 2.60. The number of Topliss-reactive ketones (excluding diaryl/α,β-unsaturated/α-hetero) is 1. The third-order valence-electron chi connectivity index (χ3n) is 8.83. The molecule has 1 aromatic heterocycles. The fourth-order valence-corrected chi connectivity index (χ4v) is 7.07. The number of pyridine rings is 1. The molecule has 1 saturated heterocycles. The Hall–Kier alpha value is -4.45. The number of hydrazine groups is 1. The second kappa shape index (κ2) is 10.3. The van der Waals surface area contributed by atoms with Crippen LogP contribution in [-0.4, -0.2) is 52.6 Å². The molecular weight excluding hydrogens is 603 g/mol. The van der Waals surface area contributed by atoms with Crippen molar-refractivity contribution in [2.24, 2.45) is 17.8 Å². The maximum absolute atomic E-state index is 14.1. The number of carbonyl (C=O) groups excluding carboxylic acids is 4. The Morgan fingerprint density at radius 2 is 1.82 bits per heavy atom. The Kier molecular flexibility index (Phi) is 6.95. The Morgan fingerprint density at radius 1 is 1.09 bits per heavy atom. The van der Waals surface area contributed by atoms with Gasteiger partial charge in [-0.3, -0.25) is 24.2 Å². The van der Waals surface area contributed by atoms with Crippen molar-refractivity contribution in [2.45, 2.75) is 31.9 Å². The van der Waals surface area contributed by atoms with E-state index in [0.717, 1.165) is 16.1 Å². The molecule has 1 aliphatic heterocycles. The van der Waals surface area contributed by atoms with Gasteiger partial charge in [-0.1, -0.05) is 35.4 Å². The minimum Gasteiger partial charge on any atom is -0.504 e. The number of phenolic OH excluding ortho intramolecular Hbond substituents is 1. The van der Waals surface area contributed by atoms with Crippen molar-refractivity contribution in [1.82, 2.24) is 9.99 Å². The number of aromatic hydroxyl groups is 1. The number of benzene rings is 1. The van der Waals surface area contributed by atoms with Gasteiger partial charge in [-0.2, -0.15) is 18.2 Å². The van der Waals surface area contributed by atoms with Crippen molar-refractivity contribution in [3.05, 3.63) is 81.1 Å². The van der Waals surface area contributed by atoms with Gasteiger partial charge < -0.3 is 9.84 Å². The number of imide groups is 1. The molecule has 4 aliphatic rings. The molecule has 1 N–H and O–H groups in total. The van der Waals surface area contributed by atoms with Crippen molar-refractivity contribution in [3.8, 4) is 11.5 Å². The number of hydrogen-bond acceptors (Lipinski definition) is 8. The highest BCUT2D eigenvalue weighted by atomic mass is 35.5. The second-order valence-corrected chi connectivity index (χ2v) is 11.5. The first-order valence-corrected chi connectivity index (χ1v) is 14.0. The normalized spacial score (nSPS) is 24.9. The van der Waals surface area contributed by atoms with E-state index in [4.69, 9.17) is 16.3 Å². The predicted octanol–water partition coefficient (Wildman–Crippen LogP) is 4.95. The number of phenols is 1. The molecule has 0 radical (unpaired) electrons. The number of allylic oxidation sites excluding steroid dienone is 6. The summed E-state index contributed by atoms with van der Waals surface area (Å²) < 4.78 is 45.6. The molecule has 0 unspecified atom stereocenters. The molecule has 1 fully saturated rings. The number of ether oxygens (including phenoxy) is 1. The zero-order valence-electron chi connectivity index (χ0n) is 23.6. The number of ketones is 2. The topological polar surface area (TPSA) is 117 Å². The molecule has 4 atom stereocenters. The quantitative estimate of drug-likeness (QED) is 0.288. The largest absolute Gasteiger partial charge is 0.504 e. The van der Waals surface area contributed by atoms with Crippen LogP contribution in [0.5, 0.6) is 11.5 Å². The first-order valence-electron chi connectivity index (χ1n) is 13.7. The zero-order chi connectivity index (χ0) is 31.8. The molecule has 44 heavy (non-hydrogen) atoms. The van der Waals surface area contributed by atoms with Gasteiger partial charge >= 0.3 is 6.18 Å². The average molecular weight is 628 g/mol. The number of carbonyl (C=O) groups is 4. The van der Waals surface area contributed by atoms with Crippen LogP contribution in [0.3, 0.4) is 0 Å². The predicted molar refractivity (Wildman–Crippen MR) is 150 cm³/mol. The van der Waals surface area contributed by atoms with E-state index in [1.807, 2.05) is 0 Å². The highest BCUT2D eigenvalue weighted by Crippen LogP contribution is 2.57. The van der Waals surface area contributed by atoms with Crippen LogP contribution in [-0.2, 0) is 25.4 Å². The van der Waals surface area contributed by atoms with Crippen LogP contribution in [0.4, 0.5) is 19.0 Å². The Morgan fingerprint density at radius 3 is 2.50 bits per heavy atom. The van der Waals surface area contributed by atoms with Gasteiger partial charge in [0, 0.05) is 35.2 Å². The average Bonchev–Trinajstić information content (AvgIpc) is 3.23. The summed E-state index contributed by atoms with van der Waals surface area (Å²) in [5.74, 6) is -6.19. The molecule has 13 heteroatoms. The number of para-hydroxylation sites is 1. The number of nitrogens with zero attached hydrogens (tertiary/aromatic N) is 3. The Balaban J connectivity index is 1.45. The van der Waals surface area contributed by atoms with Crippen LogP contribution in [0, 0.1) is 17.8 Å². The van der Waals surface area contributed by atoms with E-state index in [0.29, 0.717) is 17.2 Å². The summed E-state index contributed by atoms with van der Waals surface area (Å²) >= 11 is 6.18. The minimum atomic E-state index is -4.79. The molecule has 2 aromatic rings. The number of aromatic nitrogens is 1. The number of halogens is 4. The van der Waals surface area contributed by atoms with Gasteiger partial charge in [-0.05, 0) is 50.0 Å². The smallest absolute Gasteiger partial charge is 0.433 e. The summed E-state index contributed by atoms with van der Waals surface area (Å²) in [6, 6.07) is 6.47. The summed E-state index contributed by atoms with van der Waals surface area (Å²) in [5, 5.41) is 12.6. The highest BCUT2D eigenvalue weighted by molar-refractivity contribution is 6.33. The highest BCUT2D eigenvalue weighted by Gasteiger charge is 2.58. The maximum Gasteiger partial charge on any atom is 0.433 e. The van der Waals surface area contributed by atoms with Gasteiger partial charge in [0.05, 0.1) is 24.0 Å². The molecule has 3 aliphatic carbocycles. The molecule has 2 heterocycles. The van der Waals surface area contributed by atoms with E-state index < -0.39 is 59.0 Å². The number of rotatable bonds is 4. The number of anilines is 1. The number of amides is 2. The first-order chi connectivity index (χ1) is 20.8. The Bertz CT molecular complexity index is 1760. The van der Waals surface area contributed by atoms with Crippen LogP contribution >= 0.6 is 11.6 Å². The molecule has 0 bridgehead atoms. The monoisotopic (exact) mass is 627 g/mol. The van der Waals surface area contributed by atoms with Crippen molar-refractivity contribution < 1.29 is 42.2 Å². The van der Waals surface area contributed by atoms with E-state index in [-0.39, 0.29) is 51.9 Å². The van der Waals surface area contributed by atoms with E-state index in [1.165, 1.54) is 27.2 Å². The van der Waals surface area contributed by atoms with Crippen molar-refractivity contribution in [2.75, 3.05) is 19.2 Å². The van der Waals surface area contributed by atoms with Gasteiger partial charge in [0.1, 0.15) is 5.69 Å². The Labute approximate surface area is 254 Å². The van der Waals surface area contributed by atoms with Crippen LogP contribution in [0.15, 0.2) is 64.8 Å². The third-order valence-corrected chi connectivity index (χ3v) is 9.12. The number of alkyl halides is 3. The van der Waals surface area contributed by atoms with Crippen LogP contribution in [0.2, 0.25) is 5.02 Å². The molecule has 0 spiro atoms. The van der Waals surface area contributed by atoms with Crippen LogP contribution < -0.4 is 9.75 Å². The van der Waals surface area contributed by atoms with Gasteiger partial charge in [-0.25, -0.2) is 4.98 Å². The fourth-order valence-electron chi connectivity index (χ4n) is 6.84. The molecule has 6 rings (SSSR count). The summed E-state index contributed by atoms with van der Waals surface area (Å²) in [5.41, 5.74) is 0.258. The third kappa shape index (κ3) is 4.34. The SMILES string of the molecule is COc1cccc([C@H]2C3=CC[C@@H]4C(=O)N(N(C)c5nc(C(F)(F)F)ccc5Cl)C(=O)[C@@H]4[C@@H]3CC3=C2C(=O)C(C)=CC3=O)c1O. The maximum atomic E-state index is 14.1. The summed E-state index contributed by atoms with van der Waals surface area (Å²) in [4.78, 5) is 58.2. The molecule has 0 saturated carbocycles. The molecule has 2 amide bonds. The van der Waals surface area contributed by atoms with E-state index in [9.17, 15) is 37.5 Å². The minimum absolute atomic E-state index is 0.0168. The van der Waals surface area contributed by atoms with Crippen molar-refractivity contribution in [1.29, 1.82) is 0 Å². The van der Waals surface area contributed by atoms with Crippen molar-refractivity contribution in [3.63, 3.8) is 0 Å². The lowest BCUT2D eigenvalue weighted by atomic mass is 9.59. The molecule has 228 valence electrons. The standard InChI is InChI=1S/C31H25ClF3N3O6/c1-13-11-20(39)18-12-17-14(23(25(18)26(13)40)15-5-4-6-21(44-3)27(15)41)7-8-16-24(17)30(43)38(29(16)42)37(2)28-19(32)9-10-22(36-28)31(33,34)35/h4-7,9-11,16-17,23-24,41H,8,12H2,1-3H3/t16-,17+,23+,24-/m0/s1. The molecule has 9 nitrogen and oxygen atoms in total. The number of fused-ring (bicyclic) bond motifs is 3. The van der Waals surface area contributed by atoms with Crippen LogP contribution in [0.1, 0.15) is 36.9 Å².